The fourth-order valence-electron chi connectivity index (χ4n) is 2.87. The van der Waals surface area contributed by atoms with Gasteiger partial charge in [-0.25, -0.2) is 4.98 Å². The van der Waals surface area contributed by atoms with E-state index >= 15 is 0 Å². The summed E-state index contributed by atoms with van der Waals surface area (Å²) in [6, 6.07) is 0. The number of likely N-dealkylation sites (tertiary alicyclic amines) is 1. The molecule has 2 heterocycles. The van der Waals surface area contributed by atoms with E-state index in [1.807, 2.05) is 7.05 Å². The summed E-state index contributed by atoms with van der Waals surface area (Å²) in [6.45, 7) is 5.60. The molecule has 4 nitrogen and oxygen atoms in total. The van der Waals surface area contributed by atoms with Gasteiger partial charge < -0.3 is 15.2 Å². The first-order valence-corrected chi connectivity index (χ1v) is 7.12. The van der Waals surface area contributed by atoms with E-state index in [1.165, 1.54) is 25.1 Å². The van der Waals surface area contributed by atoms with Gasteiger partial charge in [-0.2, -0.15) is 0 Å². The second-order valence-corrected chi connectivity index (χ2v) is 5.49. The normalized spacial score (nSPS) is 23.2. The van der Waals surface area contributed by atoms with Gasteiger partial charge >= 0.3 is 0 Å². The molecule has 0 amide bonds. The highest BCUT2D eigenvalue weighted by Crippen LogP contribution is 2.26. The fraction of sp³-hybridized carbons (Fsp3) is 0.786. The number of hydrogen-bond acceptors (Lipinski definition) is 3. The van der Waals surface area contributed by atoms with Gasteiger partial charge in [0.25, 0.3) is 0 Å². The lowest BCUT2D eigenvalue weighted by molar-refractivity contribution is 0.248. The zero-order valence-corrected chi connectivity index (χ0v) is 11.9. The minimum atomic E-state index is 0.505. The quantitative estimate of drug-likeness (QED) is 0.839. The molecule has 1 saturated heterocycles. The molecule has 102 valence electrons. The summed E-state index contributed by atoms with van der Waals surface area (Å²) >= 11 is 0. The van der Waals surface area contributed by atoms with Crippen LogP contribution in [0.4, 0.5) is 0 Å². The largest absolute Gasteiger partial charge is 0.345 e. The molecule has 2 rings (SSSR count). The number of aromatic nitrogens is 2. The average molecular weight is 250 g/mol. The van der Waals surface area contributed by atoms with Crippen molar-refractivity contribution in [2.45, 2.75) is 38.0 Å². The monoisotopic (exact) mass is 250 g/mol. The molecule has 0 aliphatic carbocycles. The van der Waals surface area contributed by atoms with E-state index in [0.717, 1.165) is 25.3 Å². The van der Waals surface area contributed by atoms with Gasteiger partial charge in [0.2, 0.25) is 0 Å². The number of likely N-dealkylation sites (N-methyl/N-ethyl adjacent to an activating group) is 2. The second kappa shape index (κ2) is 6.34. The maximum atomic E-state index is 4.59. The van der Waals surface area contributed by atoms with Crippen LogP contribution >= 0.6 is 0 Å². The summed E-state index contributed by atoms with van der Waals surface area (Å²) in [5, 5.41) is 3.24. The lowest BCUT2D eigenvalue weighted by Gasteiger charge is -2.28. The molecule has 0 aromatic carbocycles. The van der Waals surface area contributed by atoms with Crippen LogP contribution in [0.2, 0.25) is 0 Å². The lowest BCUT2D eigenvalue weighted by atomic mass is 9.96. The third-order valence-corrected chi connectivity index (χ3v) is 4.01. The first kappa shape index (κ1) is 13.6. The first-order valence-electron chi connectivity index (χ1n) is 7.12. The molecule has 2 N–H and O–H groups in total. The highest BCUT2D eigenvalue weighted by atomic mass is 15.1. The van der Waals surface area contributed by atoms with E-state index in [2.05, 4.69) is 40.4 Å². The molecule has 2 unspecified atom stereocenters. The molecule has 0 bridgehead atoms. The number of piperidine rings is 1. The Hall–Kier alpha value is -0.870. The maximum absolute atomic E-state index is 4.59. The number of hydrogen-bond donors (Lipinski definition) is 2. The third kappa shape index (κ3) is 3.12. The Bertz CT molecular complexity index is 360. The summed E-state index contributed by atoms with van der Waals surface area (Å²) in [5.41, 5.74) is 1.33. The van der Waals surface area contributed by atoms with Crippen LogP contribution in [0.25, 0.3) is 0 Å². The van der Waals surface area contributed by atoms with Gasteiger partial charge in [0.05, 0.1) is 0 Å². The number of nitrogens with zero attached hydrogens (tertiary/aromatic N) is 2. The smallest absolute Gasteiger partial charge is 0.110 e. The SMILES string of the molecule is CCC(CNC)c1ncc(C2CCCN(C)C2)[nH]1. The molecule has 0 radical (unpaired) electrons. The predicted molar refractivity (Wildman–Crippen MR) is 75.0 cm³/mol. The fourth-order valence-corrected chi connectivity index (χ4v) is 2.87. The number of rotatable bonds is 5. The second-order valence-electron chi connectivity index (χ2n) is 5.49. The molecule has 1 fully saturated rings. The number of H-pyrrole nitrogens is 1. The van der Waals surface area contributed by atoms with Crippen LogP contribution in [0.3, 0.4) is 0 Å². The Morgan fingerprint density at radius 3 is 3.11 bits per heavy atom. The molecule has 1 aliphatic rings. The highest BCUT2D eigenvalue weighted by Gasteiger charge is 2.21. The molecule has 4 heteroatoms. The number of imidazole rings is 1. The molecule has 18 heavy (non-hydrogen) atoms. The molecular formula is C14H26N4. The van der Waals surface area contributed by atoms with Gasteiger partial charge in [-0.1, -0.05) is 6.92 Å². The standard InChI is InChI=1S/C14H26N4/c1-4-11(8-15-2)14-16-9-13(17-14)12-6-5-7-18(3)10-12/h9,11-12,15H,4-8,10H2,1-3H3,(H,16,17). The lowest BCUT2D eigenvalue weighted by Crippen LogP contribution is -2.31. The van der Waals surface area contributed by atoms with Crippen LogP contribution in [0, 0.1) is 0 Å². The summed E-state index contributed by atoms with van der Waals surface area (Å²) < 4.78 is 0. The van der Waals surface area contributed by atoms with Crippen molar-refractivity contribution >= 4 is 0 Å². The Labute approximate surface area is 110 Å². The van der Waals surface area contributed by atoms with Crippen LogP contribution in [-0.2, 0) is 0 Å². The Morgan fingerprint density at radius 2 is 2.44 bits per heavy atom. The minimum absolute atomic E-state index is 0.505. The van der Waals surface area contributed by atoms with Gasteiger partial charge in [0, 0.05) is 36.8 Å². The van der Waals surface area contributed by atoms with Gasteiger partial charge in [0.1, 0.15) is 5.82 Å². The zero-order chi connectivity index (χ0) is 13.0. The van der Waals surface area contributed by atoms with E-state index < -0.39 is 0 Å². The van der Waals surface area contributed by atoms with Crippen molar-refractivity contribution in [1.82, 2.24) is 20.2 Å². The van der Waals surface area contributed by atoms with Gasteiger partial charge in [-0.3, -0.25) is 0 Å². The van der Waals surface area contributed by atoms with Crippen molar-refractivity contribution in [3.05, 3.63) is 17.7 Å². The summed E-state index contributed by atoms with van der Waals surface area (Å²) in [5.74, 6) is 2.29. The van der Waals surface area contributed by atoms with Crippen LogP contribution in [0.5, 0.6) is 0 Å². The van der Waals surface area contributed by atoms with Crippen molar-refractivity contribution in [1.29, 1.82) is 0 Å². The molecule has 1 aromatic rings. The van der Waals surface area contributed by atoms with E-state index in [1.54, 1.807) is 0 Å². The maximum Gasteiger partial charge on any atom is 0.110 e. The van der Waals surface area contributed by atoms with Crippen molar-refractivity contribution < 1.29 is 0 Å². The minimum Gasteiger partial charge on any atom is -0.345 e. The van der Waals surface area contributed by atoms with Crippen molar-refractivity contribution in [2.75, 3.05) is 33.7 Å². The summed E-state index contributed by atoms with van der Waals surface area (Å²) in [4.78, 5) is 10.6. The highest BCUT2D eigenvalue weighted by molar-refractivity contribution is 5.12. The van der Waals surface area contributed by atoms with Gasteiger partial charge in [-0.15, -0.1) is 0 Å². The zero-order valence-electron chi connectivity index (χ0n) is 11.9. The number of aromatic amines is 1. The van der Waals surface area contributed by atoms with E-state index in [-0.39, 0.29) is 0 Å². The number of nitrogens with one attached hydrogen (secondary N) is 2. The van der Waals surface area contributed by atoms with Crippen LogP contribution in [0.15, 0.2) is 6.20 Å². The van der Waals surface area contributed by atoms with Crippen molar-refractivity contribution in [3.8, 4) is 0 Å². The van der Waals surface area contributed by atoms with E-state index in [9.17, 15) is 0 Å². The molecule has 0 spiro atoms. The van der Waals surface area contributed by atoms with Crippen molar-refractivity contribution in [3.63, 3.8) is 0 Å². The Balaban J connectivity index is 2.04. The van der Waals surface area contributed by atoms with Crippen LogP contribution < -0.4 is 5.32 Å². The van der Waals surface area contributed by atoms with Crippen LogP contribution in [-0.4, -0.2) is 48.6 Å². The summed E-state index contributed by atoms with van der Waals surface area (Å²) in [7, 11) is 4.21. The first-order chi connectivity index (χ1) is 8.74. The Kier molecular flexibility index (Phi) is 4.78. The Morgan fingerprint density at radius 1 is 1.61 bits per heavy atom. The van der Waals surface area contributed by atoms with Gasteiger partial charge in [-0.05, 0) is 39.9 Å². The van der Waals surface area contributed by atoms with Gasteiger partial charge in [0.15, 0.2) is 0 Å². The third-order valence-electron chi connectivity index (χ3n) is 4.01. The van der Waals surface area contributed by atoms with E-state index in [0.29, 0.717) is 11.8 Å². The molecule has 1 aliphatic heterocycles. The van der Waals surface area contributed by atoms with Crippen molar-refractivity contribution in [2.24, 2.45) is 0 Å². The molecular weight excluding hydrogens is 224 g/mol. The van der Waals surface area contributed by atoms with E-state index in [4.69, 9.17) is 0 Å². The predicted octanol–water partition coefficient (Wildman–Crippen LogP) is 1.93. The molecule has 0 saturated carbocycles. The summed E-state index contributed by atoms with van der Waals surface area (Å²) in [6.07, 6.45) is 5.76. The molecule has 2 atom stereocenters. The van der Waals surface area contributed by atoms with Crippen LogP contribution in [0.1, 0.15) is 49.5 Å². The topological polar surface area (TPSA) is 44.0 Å². The molecule has 1 aromatic heterocycles. The average Bonchev–Trinajstić information content (AvgIpc) is 2.85.